The number of hydrogen-bond acceptors (Lipinski definition) is 3. The second kappa shape index (κ2) is 7.74. The van der Waals surface area contributed by atoms with Crippen molar-refractivity contribution >= 4 is 23.9 Å². The summed E-state index contributed by atoms with van der Waals surface area (Å²) in [5, 5.41) is 2.77. The first kappa shape index (κ1) is 19.7. The third-order valence-corrected chi connectivity index (χ3v) is 3.68. The summed E-state index contributed by atoms with van der Waals surface area (Å²) in [5.41, 5.74) is 1.88. The van der Waals surface area contributed by atoms with Crippen LogP contribution in [0.5, 0.6) is 0 Å². The summed E-state index contributed by atoms with van der Waals surface area (Å²) in [6, 6.07) is 14.7. The largest absolute Gasteiger partial charge is 0.418 e. The van der Waals surface area contributed by atoms with E-state index in [0.29, 0.717) is 17.3 Å². The number of para-hydroxylation sites is 1. The average molecular weight is 380 g/mol. The first-order valence-corrected chi connectivity index (χ1v) is 7.69. The molecule has 0 atom stereocenters. The maximum Gasteiger partial charge on any atom is 0.418 e. The molecule has 0 aliphatic heterocycles. The van der Waals surface area contributed by atoms with Crippen molar-refractivity contribution in [3.8, 4) is 11.3 Å². The summed E-state index contributed by atoms with van der Waals surface area (Å²) < 4.78 is 39.4. The average Bonchev–Trinajstić information content (AvgIpc) is 2.54. The lowest BCUT2D eigenvalue weighted by Gasteiger charge is -2.14. The van der Waals surface area contributed by atoms with Crippen molar-refractivity contribution in [3.05, 3.63) is 71.5 Å². The highest BCUT2D eigenvalue weighted by Crippen LogP contribution is 2.35. The number of nitrogens with one attached hydrogen (secondary N) is 1. The van der Waals surface area contributed by atoms with Crippen LogP contribution in [-0.4, -0.2) is 9.97 Å². The topological polar surface area (TPSA) is 37.8 Å². The fraction of sp³-hybridized carbons (Fsp3) is 0.158. The van der Waals surface area contributed by atoms with Crippen LogP contribution in [0.4, 0.5) is 24.7 Å². The smallest absolute Gasteiger partial charge is 0.340 e. The van der Waals surface area contributed by atoms with Crippen LogP contribution in [0.25, 0.3) is 11.3 Å². The van der Waals surface area contributed by atoms with Gasteiger partial charge >= 0.3 is 6.18 Å². The van der Waals surface area contributed by atoms with E-state index in [1.54, 1.807) is 19.1 Å². The minimum Gasteiger partial charge on any atom is -0.340 e. The van der Waals surface area contributed by atoms with E-state index in [0.717, 1.165) is 17.2 Å². The number of aryl methyl sites for hydroxylation is 2. The Morgan fingerprint density at radius 1 is 0.885 bits per heavy atom. The zero-order valence-corrected chi connectivity index (χ0v) is 14.9. The highest BCUT2D eigenvalue weighted by Gasteiger charge is 2.33. The van der Waals surface area contributed by atoms with Gasteiger partial charge in [-0.15, -0.1) is 12.4 Å². The molecule has 3 nitrogen and oxygen atoms in total. The van der Waals surface area contributed by atoms with Crippen LogP contribution in [0.2, 0.25) is 0 Å². The minimum absolute atomic E-state index is 0. The Balaban J connectivity index is 0.00000243. The molecule has 1 heterocycles. The van der Waals surface area contributed by atoms with Crippen molar-refractivity contribution in [2.24, 2.45) is 0 Å². The van der Waals surface area contributed by atoms with E-state index in [9.17, 15) is 13.2 Å². The van der Waals surface area contributed by atoms with Gasteiger partial charge in [-0.3, -0.25) is 0 Å². The number of alkyl halides is 3. The van der Waals surface area contributed by atoms with Crippen molar-refractivity contribution in [2.45, 2.75) is 20.0 Å². The zero-order valence-electron chi connectivity index (χ0n) is 14.1. The molecular formula is C19H17ClF3N3. The number of halogens is 4. The third-order valence-electron chi connectivity index (χ3n) is 3.68. The molecule has 0 unspecified atom stereocenters. The fourth-order valence-corrected chi connectivity index (χ4v) is 2.48. The Labute approximate surface area is 155 Å². The normalized spacial score (nSPS) is 11.0. The minimum atomic E-state index is -4.44. The molecule has 7 heteroatoms. The molecule has 1 aromatic heterocycles. The van der Waals surface area contributed by atoms with Gasteiger partial charge < -0.3 is 5.32 Å². The number of hydrogen-bond donors (Lipinski definition) is 1. The van der Waals surface area contributed by atoms with Crippen molar-refractivity contribution in [3.63, 3.8) is 0 Å². The van der Waals surface area contributed by atoms with Crippen molar-refractivity contribution in [2.75, 3.05) is 5.32 Å². The second-order valence-corrected chi connectivity index (χ2v) is 5.72. The predicted octanol–water partition coefficient (Wildman–Crippen LogP) is 5.94. The number of rotatable bonds is 3. The first-order chi connectivity index (χ1) is 11.8. The molecule has 0 aliphatic rings. The number of anilines is 2. The van der Waals surface area contributed by atoms with E-state index in [4.69, 9.17) is 0 Å². The molecule has 0 spiro atoms. The highest BCUT2D eigenvalue weighted by atomic mass is 35.5. The van der Waals surface area contributed by atoms with Crippen LogP contribution in [0, 0.1) is 13.8 Å². The summed E-state index contributed by atoms with van der Waals surface area (Å²) in [4.78, 5) is 8.58. The van der Waals surface area contributed by atoms with Crippen molar-refractivity contribution in [1.29, 1.82) is 0 Å². The van der Waals surface area contributed by atoms with Gasteiger partial charge in [0.15, 0.2) is 0 Å². The monoisotopic (exact) mass is 379 g/mol. The van der Waals surface area contributed by atoms with Crippen molar-refractivity contribution in [1.82, 2.24) is 9.97 Å². The van der Waals surface area contributed by atoms with Crippen molar-refractivity contribution < 1.29 is 13.2 Å². The number of aromatic nitrogens is 2. The van der Waals surface area contributed by atoms with Gasteiger partial charge in [-0.2, -0.15) is 13.2 Å². The van der Waals surface area contributed by atoms with Crippen LogP contribution in [0.15, 0.2) is 54.6 Å². The molecule has 0 saturated carbocycles. The molecule has 0 radical (unpaired) electrons. The van der Waals surface area contributed by atoms with Crippen LogP contribution in [-0.2, 0) is 6.18 Å². The summed E-state index contributed by atoms with van der Waals surface area (Å²) in [5.74, 6) is 0.796. The molecule has 26 heavy (non-hydrogen) atoms. The highest BCUT2D eigenvalue weighted by molar-refractivity contribution is 5.85. The van der Waals surface area contributed by atoms with Crippen LogP contribution >= 0.6 is 12.4 Å². The van der Waals surface area contributed by atoms with E-state index in [-0.39, 0.29) is 18.1 Å². The van der Waals surface area contributed by atoms with Gasteiger partial charge in [0.2, 0.25) is 0 Å². The lowest BCUT2D eigenvalue weighted by Crippen LogP contribution is -2.09. The van der Waals surface area contributed by atoms with Crippen LogP contribution < -0.4 is 5.32 Å². The number of nitrogens with zero attached hydrogens (tertiary/aromatic N) is 2. The Kier molecular flexibility index (Phi) is 5.87. The van der Waals surface area contributed by atoms with E-state index in [1.165, 1.54) is 12.1 Å². The molecule has 136 valence electrons. The van der Waals surface area contributed by atoms with Gasteiger partial charge in [-0.05, 0) is 26.0 Å². The second-order valence-electron chi connectivity index (χ2n) is 5.72. The molecule has 0 amide bonds. The Morgan fingerprint density at radius 2 is 1.54 bits per heavy atom. The third kappa shape index (κ3) is 4.52. The summed E-state index contributed by atoms with van der Waals surface area (Å²) in [6.45, 7) is 3.69. The molecule has 3 rings (SSSR count). The predicted molar refractivity (Wildman–Crippen MR) is 98.9 cm³/mol. The number of benzene rings is 2. The van der Waals surface area contributed by atoms with Gasteiger partial charge in [0.25, 0.3) is 0 Å². The van der Waals surface area contributed by atoms with E-state index in [2.05, 4.69) is 15.3 Å². The molecule has 2 aromatic carbocycles. The standard InChI is InChI=1S/C19H16F3N3.ClH/c1-12-7-9-14(10-8-12)17-11-18(24-13(2)23-17)25-16-6-4-3-5-15(16)19(20,21)22;/h3-11H,1-2H3,(H,23,24,25);1H. The lowest BCUT2D eigenvalue weighted by atomic mass is 10.1. The molecule has 1 N–H and O–H groups in total. The van der Waals surface area contributed by atoms with Gasteiger partial charge in [0.1, 0.15) is 11.6 Å². The summed E-state index contributed by atoms with van der Waals surface area (Å²) in [7, 11) is 0. The Morgan fingerprint density at radius 3 is 2.19 bits per heavy atom. The van der Waals surface area contributed by atoms with Gasteiger partial charge in [0.05, 0.1) is 16.9 Å². The SMILES string of the molecule is Cc1ccc(-c2cc(Nc3ccccc3C(F)(F)F)nc(C)n2)cc1.Cl. The molecule has 0 bridgehead atoms. The van der Waals surface area contributed by atoms with Gasteiger partial charge in [-0.25, -0.2) is 9.97 Å². The maximum absolute atomic E-state index is 13.1. The summed E-state index contributed by atoms with van der Waals surface area (Å²) in [6.07, 6.45) is -4.44. The molecule has 0 fully saturated rings. The molecule has 0 aliphatic carbocycles. The quantitative estimate of drug-likeness (QED) is 0.611. The first-order valence-electron chi connectivity index (χ1n) is 7.69. The van der Waals surface area contributed by atoms with Gasteiger partial charge in [-0.1, -0.05) is 42.0 Å². The van der Waals surface area contributed by atoms with Crippen LogP contribution in [0.1, 0.15) is 17.0 Å². The fourth-order valence-electron chi connectivity index (χ4n) is 2.48. The van der Waals surface area contributed by atoms with Crippen LogP contribution in [0.3, 0.4) is 0 Å². The van der Waals surface area contributed by atoms with E-state index >= 15 is 0 Å². The molecule has 0 saturated heterocycles. The molecular weight excluding hydrogens is 363 g/mol. The van der Waals surface area contributed by atoms with Gasteiger partial charge in [0, 0.05) is 11.6 Å². The van der Waals surface area contributed by atoms with E-state index in [1.807, 2.05) is 31.2 Å². The Bertz CT molecular complexity index is 893. The zero-order chi connectivity index (χ0) is 18.0. The molecule has 3 aromatic rings. The maximum atomic E-state index is 13.1. The Hall–Kier alpha value is -2.60. The lowest BCUT2D eigenvalue weighted by molar-refractivity contribution is -0.136. The van der Waals surface area contributed by atoms with E-state index < -0.39 is 11.7 Å². The summed E-state index contributed by atoms with van der Waals surface area (Å²) >= 11 is 0.